The summed E-state index contributed by atoms with van der Waals surface area (Å²) < 4.78 is 7.62. The Bertz CT molecular complexity index is 342. The highest BCUT2D eigenvalue weighted by atomic mass is 16.5. The molecule has 0 aliphatic carbocycles. The predicted octanol–water partition coefficient (Wildman–Crippen LogP) is 1.87. The van der Waals surface area contributed by atoms with Crippen LogP contribution in [-0.4, -0.2) is 29.0 Å². The molecule has 1 saturated heterocycles. The van der Waals surface area contributed by atoms with Crippen molar-refractivity contribution in [3.63, 3.8) is 0 Å². The zero-order chi connectivity index (χ0) is 12.1. The van der Waals surface area contributed by atoms with E-state index in [1.54, 1.807) is 0 Å². The van der Waals surface area contributed by atoms with E-state index in [1.165, 1.54) is 18.4 Å². The summed E-state index contributed by atoms with van der Waals surface area (Å²) in [5.74, 6) is 0. The van der Waals surface area contributed by atoms with Crippen LogP contribution in [0.25, 0.3) is 0 Å². The SMILES string of the molecule is CCCn1cc(CNC[C@@H]2CCCO2)c(C)n1. The first-order valence-corrected chi connectivity index (χ1v) is 6.65. The van der Waals surface area contributed by atoms with Crippen LogP contribution in [0.15, 0.2) is 6.20 Å². The zero-order valence-corrected chi connectivity index (χ0v) is 10.9. The predicted molar refractivity (Wildman–Crippen MR) is 67.9 cm³/mol. The van der Waals surface area contributed by atoms with E-state index in [0.29, 0.717) is 6.10 Å². The Labute approximate surface area is 103 Å². The molecular formula is C13H23N3O. The van der Waals surface area contributed by atoms with Crippen molar-refractivity contribution in [3.8, 4) is 0 Å². The van der Waals surface area contributed by atoms with Crippen molar-refractivity contribution in [3.05, 3.63) is 17.5 Å². The summed E-state index contributed by atoms with van der Waals surface area (Å²) in [6, 6.07) is 0. The van der Waals surface area contributed by atoms with E-state index in [-0.39, 0.29) is 0 Å². The van der Waals surface area contributed by atoms with E-state index in [9.17, 15) is 0 Å². The van der Waals surface area contributed by atoms with Crippen LogP contribution >= 0.6 is 0 Å². The zero-order valence-electron chi connectivity index (χ0n) is 10.9. The average Bonchev–Trinajstić information content (AvgIpc) is 2.90. The van der Waals surface area contributed by atoms with Crippen LogP contribution in [-0.2, 0) is 17.8 Å². The molecule has 0 unspecified atom stereocenters. The van der Waals surface area contributed by atoms with Crippen LogP contribution in [0.5, 0.6) is 0 Å². The van der Waals surface area contributed by atoms with Gasteiger partial charge in [0.15, 0.2) is 0 Å². The minimum Gasteiger partial charge on any atom is -0.377 e. The molecule has 0 spiro atoms. The van der Waals surface area contributed by atoms with Crippen LogP contribution in [0, 0.1) is 6.92 Å². The van der Waals surface area contributed by atoms with Gasteiger partial charge in [0.25, 0.3) is 0 Å². The molecule has 1 N–H and O–H groups in total. The lowest BCUT2D eigenvalue weighted by Gasteiger charge is -2.09. The van der Waals surface area contributed by atoms with Crippen LogP contribution in [0.4, 0.5) is 0 Å². The van der Waals surface area contributed by atoms with Crippen molar-refractivity contribution in [1.29, 1.82) is 0 Å². The average molecular weight is 237 g/mol. The second kappa shape index (κ2) is 6.17. The summed E-state index contributed by atoms with van der Waals surface area (Å²) >= 11 is 0. The third-order valence-electron chi connectivity index (χ3n) is 3.21. The summed E-state index contributed by atoms with van der Waals surface area (Å²) in [4.78, 5) is 0. The van der Waals surface area contributed by atoms with E-state index in [2.05, 4.69) is 30.5 Å². The maximum atomic E-state index is 5.58. The normalized spacial score (nSPS) is 20.0. The second-order valence-corrected chi connectivity index (χ2v) is 4.77. The number of aromatic nitrogens is 2. The maximum absolute atomic E-state index is 5.58. The summed E-state index contributed by atoms with van der Waals surface area (Å²) in [6.45, 7) is 8.04. The number of nitrogens with one attached hydrogen (secondary N) is 1. The number of hydrogen-bond acceptors (Lipinski definition) is 3. The summed E-state index contributed by atoms with van der Waals surface area (Å²) in [7, 11) is 0. The quantitative estimate of drug-likeness (QED) is 0.821. The van der Waals surface area contributed by atoms with Gasteiger partial charge in [0.1, 0.15) is 0 Å². The van der Waals surface area contributed by atoms with E-state index in [1.807, 2.05) is 4.68 Å². The molecule has 1 aromatic rings. The monoisotopic (exact) mass is 237 g/mol. The Kier molecular flexibility index (Phi) is 4.57. The molecule has 0 saturated carbocycles. The van der Waals surface area contributed by atoms with E-state index in [0.717, 1.165) is 38.4 Å². The minimum atomic E-state index is 0.418. The molecule has 1 atom stereocenters. The van der Waals surface area contributed by atoms with Crippen LogP contribution in [0.1, 0.15) is 37.4 Å². The second-order valence-electron chi connectivity index (χ2n) is 4.77. The molecule has 0 amide bonds. The standard InChI is InChI=1S/C13H23N3O/c1-3-6-16-10-12(11(2)15-16)8-14-9-13-5-4-7-17-13/h10,13-14H,3-9H2,1-2H3/t13-/m0/s1. The van der Waals surface area contributed by atoms with Crippen molar-refractivity contribution in [2.75, 3.05) is 13.2 Å². The Morgan fingerprint density at radius 3 is 3.18 bits per heavy atom. The molecule has 1 fully saturated rings. The first-order chi connectivity index (χ1) is 8.29. The Balaban J connectivity index is 1.77. The lowest BCUT2D eigenvalue weighted by Crippen LogP contribution is -2.25. The maximum Gasteiger partial charge on any atom is 0.0700 e. The van der Waals surface area contributed by atoms with Crippen molar-refractivity contribution in [2.24, 2.45) is 0 Å². The van der Waals surface area contributed by atoms with Gasteiger partial charge in [-0.05, 0) is 26.2 Å². The van der Waals surface area contributed by atoms with Crippen molar-refractivity contribution < 1.29 is 4.74 Å². The molecule has 17 heavy (non-hydrogen) atoms. The highest BCUT2D eigenvalue weighted by Crippen LogP contribution is 2.11. The fourth-order valence-corrected chi connectivity index (χ4v) is 2.25. The lowest BCUT2D eigenvalue weighted by molar-refractivity contribution is 0.110. The summed E-state index contributed by atoms with van der Waals surface area (Å²) in [5, 5.41) is 7.96. The Morgan fingerprint density at radius 1 is 1.59 bits per heavy atom. The van der Waals surface area contributed by atoms with Crippen molar-refractivity contribution in [1.82, 2.24) is 15.1 Å². The minimum absolute atomic E-state index is 0.418. The van der Waals surface area contributed by atoms with E-state index >= 15 is 0 Å². The summed E-state index contributed by atoms with van der Waals surface area (Å²) in [5.41, 5.74) is 2.44. The molecular weight excluding hydrogens is 214 g/mol. The van der Waals surface area contributed by atoms with Gasteiger partial charge in [-0.2, -0.15) is 5.10 Å². The number of nitrogens with zero attached hydrogens (tertiary/aromatic N) is 2. The van der Waals surface area contributed by atoms with Gasteiger partial charge in [0.05, 0.1) is 11.8 Å². The molecule has 1 aliphatic heterocycles. The molecule has 2 heterocycles. The highest BCUT2D eigenvalue weighted by molar-refractivity contribution is 5.15. The van der Waals surface area contributed by atoms with E-state index < -0.39 is 0 Å². The van der Waals surface area contributed by atoms with E-state index in [4.69, 9.17) is 4.74 Å². The molecule has 96 valence electrons. The van der Waals surface area contributed by atoms with Gasteiger partial charge in [-0.3, -0.25) is 4.68 Å². The lowest BCUT2D eigenvalue weighted by atomic mass is 10.2. The largest absolute Gasteiger partial charge is 0.377 e. The van der Waals surface area contributed by atoms with Crippen molar-refractivity contribution >= 4 is 0 Å². The van der Waals surface area contributed by atoms with Gasteiger partial charge in [-0.1, -0.05) is 6.92 Å². The van der Waals surface area contributed by atoms with Crippen LogP contribution in [0.2, 0.25) is 0 Å². The fourth-order valence-electron chi connectivity index (χ4n) is 2.25. The van der Waals surface area contributed by atoms with Gasteiger partial charge < -0.3 is 10.1 Å². The van der Waals surface area contributed by atoms with Gasteiger partial charge in [0, 0.05) is 38.0 Å². The molecule has 1 aliphatic rings. The number of aryl methyl sites for hydroxylation is 2. The van der Waals surface area contributed by atoms with Crippen molar-refractivity contribution in [2.45, 2.75) is 52.3 Å². The number of ether oxygens (including phenoxy) is 1. The van der Waals surface area contributed by atoms with Crippen LogP contribution < -0.4 is 5.32 Å². The van der Waals surface area contributed by atoms with Gasteiger partial charge >= 0.3 is 0 Å². The molecule has 0 radical (unpaired) electrons. The molecule has 1 aromatic heterocycles. The van der Waals surface area contributed by atoms with Crippen LogP contribution in [0.3, 0.4) is 0 Å². The fraction of sp³-hybridized carbons (Fsp3) is 0.769. The smallest absolute Gasteiger partial charge is 0.0700 e. The molecule has 2 rings (SSSR count). The number of rotatable bonds is 6. The first-order valence-electron chi connectivity index (χ1n) is 6.65. The third-order valence-corrected chi connectivity index (χ3v) is 3.21. The molecule has 4 nitrogen and oxygen atoms in total. The molecule has 4 heteroatoms. The molecule has 0 aromatic carbocycles. The highest BCUT2D eigenvalue weighted by Gasteiger charge is 2.14. The van der Waals surface area contributed by atoms with Gasteiger partial charge in [-0.25, -0.2) is 0 Å². The number of hydrogen-bond donors (Lipinski definition) is 1. The molecule has 0 bridgehead atoms. The topological polar surface area (TPSA) is 39.1 Å². The van der Waals surface area contributed by atoms with Gasteiger partial charge in [-0.15, -0.1) is 0 Å². The summed E-state index contributed by atoms with van der Waals surface area (Å²) in [6.07, 6.45) is 6.10. The first kappa shape index (κ1) is 12.6. The van der Waals surface area contributed by atoms with Gasteiger partial charge in [0.2, 0.25) is 0 Å². The third kappa shape index (κ3) is 3.54. The Morgan fingerprint density at radius 2 is 2.47 bits per heavy atom. The Hall–Kier alpha value is -0.870.